The summed E-state index contributed by atoms with van der Waals surface area (Å²) in [4.78, 5) is 19.0. The fraction of sp³-hybridized carbons (Fsp3) is 0.750. The minimum Gasteiger partial charge on any atom is -0.444 e. The molecule has 2 heterocycles. The van der Waals surface area contributed by atoms with E-state index in [-0.39, 0.29) is 12.1 Å². The number of nitrogens with zero attached hydrogens (tertiary/aromatic N) is 4. The van der Waals surface area contributed by atoms with E-state index in [1.807, 2.05) is 39.4 Å². The number of guanidine groups is 1. The lowest BCUT2D eigenvalue weighted by Crippen LogP contribution is -2.44. The highest BCUT2D eigenvalue weighted by Crippen LogP contribution is 2.14. The number of hydrogen-bond donors (Lipinski definition) is 2. The fourth-order valence-corrected chi connectivity index (χ4v) is 3.42. The SMILES string of the molecule is CCNC(=NCCc1c(C)nn(C)c1C)N1CCC(NC(=O)OC(C)(C)C)C1. The number of carbonyl (C=O) groups excluding carboxylic acids is 1. The van der Waals surface area contributed by atoms with E-state index in [1.165, 1.54) is 11.3 Å². The molecular weight excluding hydrogens is 356 g/mol. The molecule has 1 saturated heterocycles. The number of aliphatic imine (C=N–C) groups is 1. The number of nitrogens with one attached hydrogen (secondary N) is 2. The topological polar surface area (TPSA) is 83.8 Å². The van der Waals surface area contributed by atoms with Gasteiger partial charge in [0.2, 0.25) is 0 Å². The van der Waals surface area contributed by atoms with Crippen molar-refractivity contribution in [2.75, 3.05) is 26.2 Å². The van der Waals surface area contributed by atoms with Crippen molar-refractivity contribution in [1.82, 2.24) is 25.3 Å². The van der Waals surface area contributed by atoms with Crippen molar-refractivity contribution < 1.29 is 9.53 Å². The third-order valence-corrected chi connectivity index (χ3v) is 4.83. The number of carbonyl (C=O) groups is 1. The van der Waals surface area contributed by atoms with Gasteiger partial charge in [0.05, 0.1) is 11.7 Å². The quantitative estimate of drug-likeness (QED) is 0.592. The Kier molecular flexibility index (Phi) is 7.32. The lowest BCUT2D eigenvalue weighted by Gasteiger charge is -2.23. The second-order valence-electron chi connectivity index (χ2n) is 8.34. The first kappa shape index (κ1) is 22.0. The van der Waals surface area contributed by atoms with E-state index in [0.717, 1.165) is 44.1 Å². The second-order valence-corrected chi connectivity index (χ2v) is 8.34. The number of ether oxygens (including phenoxy) is 1. The van der Waals surface area contributed by atoms with Crippen LogP contribution in [0.2, 0.25) is 0 Å². The minimum atomic E-state index is -0.485. The highest BCUT2D eigenvalue weighted by Gasteiger charge is 2.27. The van der Waals surface area contributed by atoms with Gasteiger partial charge in [-0.1, -0.05) is 0 Å². The van der Waals surface area contributed by atoms with Crippen molar-refractivity contribution in [3.8, 4) is 0 Å². The molecule has 1 unspecified atom stereocenters. The average Bonchev–Trinajstić information content (AvgIpc) is 3.11. The van der Waals surface area contributed by atoms with Crippen LogP contribution in [0.5, 0.6) is 0 Å². The van der Waals surface area contributed by atoms with E-state index in [4.69, 9.17) is 9.73 Å². The molecule has 0 aliphatic carbocycles. The molecule has 8 nitrogen and oxygen atoms in total. The minimum absolute atomic E-state index is 0.0709. The van der Waals surface area contributed by atoms with Crippen molar-refractivity contribution in [3.63, 3.8) is 0 Å². The molecule has 28 heavy (non-hydrogen) atoms. The summed E-state index contributed by atoms with van der Waals surface area (Å²) in [7, 11) is 1.97. The first-order valence-electron chi connectivity index (χ1n) is 10.1. The Morgan fingerprint density at radius 3 is 2.64 bits per heavy atom. The molecule has 1 aliphatic rings. The van der Waals surface area contributed by atoms with Crippen LogP contribution in [0, 0.1) is 13.8 Å². The van der Waals surface area contributed by atoms with E-state index >= 15 is 0 Å². The first-order chi connectivity index (χ1) is 13.1. The maximum Gasteiger partial charge on any atom is 0.407 e. The highest BCUT2D eigenvalue weighted by atomic mass is 16.6. The predicted octanol–water partition coefficient (Wildman–Crippen LogP) is 2.14. The van der Waals surface area contributed by atoms with E-state index in [9.17, 15) is 4.79 Å². The van der Waals surface area contributed by atoms with Gasteiger partial charge in [0, 0.05) is 38.9 Å². The molecule has 1 amide bonds. The molecule has 0 bridgehead atoms. The molecular formula is C20H36N6O2. The Labute approximate surface area is 168 Å². The van der Waals surface area contributed by atoms with Crippen LogP contribution in [0.3, 0.4) is 0 Å². The molecule has 2 N–H and O–H groups in total. The van der Waals surface area contributed by atoms with Gasteiger partial charge in [-0.25, -0.2) is 4.79 Å². The number of amides is 1. The van der Waals surface area contributed by atoms with E-state index in [2.05, 4.69) is 34.5 Å². The number of likely N-dealkylation sites (tertiary alicyclic amines) is 1. The Bertz CT molecular complexity index is 704. The molecule has 0 radical (unpaired) electrons. The van der Waals surface area contributed by atoms with Gasteiger partial charge in [-0.15, -0.1) is 0 Å². The molecule has 1 fully saturated rings. The summed E-state index contributed by atoms with van der Waals surface area (Å²) < 4.78 is 7.28. The molecule has 0 saturated carbocycles. The predicted molar refractivity (Wildman–Crippen MR) is 112 cm³/mol. The molecule has 0 spiro atoms. The fourth-order valence-electron chi connectivity index (χ4n) is 3.42. The Balaban J connectivity index is 1.92. The Morgan fingerprint density at radius 1 is 1.36 bits per heavy atom. The van der Waals surface area contributed by atoms with Crippen LogP contribution in [0.15, 0.2) is 4.99 Å². The molecule has 1 atom stereocenters. The molecule has 0 aromatic carbocycles. The van der Waals surface area contributed by atoms with Crippen LogP contribution in [-0.4, -0.2) is 64.6 Å². The summed E-state index contributed by atoms with van der Waals surface area (Å²) in [5, 5.41) is 10.8. The van der Waals surface area contributed by atoms with Crippen LogP contribution >= 0.6 is 0 Å². The van der Waals surface area contributed by atoms with Crippen LogP contribution < -0.4 is 10.6 Å². The van der Waals surface area contributed by atoms with Gasteiger partial charge in [-0.05, 0) is 59.9 Å². The Hall–Kier alpha value is -2.25. The van der Waals surface area contributed by atoms with Crippen LogP contribution in [0.1, 0.15) is 51.1 Å². The lowest BCUT2D eigenvalue weighted by molar-refractivity contribution is 0.0507. The molecule has 1 aliphatic heterocycles. The monoisotopic (exact) mass is 392 g/mol. The van der Waals surface area contributed by atoms with Crippen molar-refractivity contribution in [1.29, 1.82) is 0 Å². The van der Waals surface area contributed by atoms with Crippen molar-refractivity contribution in [2.45, 2.75) is 66.0 Å². The van der Waals surface area contributed by atoms with Gasteiger partial charge in [-0.2, -0.15) is 5.10 Å². The van der Waals surface area contributed by atoms with E-state index < -0.39 is 5.60 Å². The molecule has 8 heteroatoms. The molecule has 158 valence electrons. The number of aromatic nitrogens is 2. The van der Waals surface area contributed by atoms with Gasteiger partial charge in [0.15, 0.2) is 5.96 Å². The van der Waals surface area contributed by atoms with Crippen LogP contribution in [0.25, 0.3) is 0 Å². The average molecular weight is 393 g/mol. The highest BCUT2D eigenvalue weighted by molar-refractivity contribution is 5.80. The van der Waals surface area contributed by atoms with Crippen molar-refractivity contribution in [3.05, 3.63) is 17.0 Å². The molecule has 1 aromatic rings. The van der Waals surface area contributed by atoms with Crippen LogP contribution in [-0.2, 0) is 18.2 Å². The largest absolute Gasteiger partial charge is 0.444 e. The van der Waals surface area contributed by atoms with Crippen molar-refractivity contribution in [2.24, 2.45) is 12.0 Å². The smallest absolute Gasteiger partial charge is 0.407 e. The lowest BCUT2D eigenvalue weighted by atomic mass is 10.1. The van der Waals surface area contributed by atoms with Gasteiger partial charge in [-0.3, -0.25) is 9.67 Å². The van der Waals surface area contributed by atoms with Gasteiger partial charge in [0.25, 0.3) is 0 Å². The number of rotatable bonds is 5. The maximum atomic E-state index is 12.0. The standard InChI is InChI=1S/C20H36N6O2/c1-8-21-18(22-11-9-17-14(2)24-25(7)15(17)3)26-12-10-16(13-26)23-19(27)28-20(4,5)6/h16H,8-13H2,1-7H3,(H,21,22)(H,23,27). The summed E-state index contributed by atoms with van der Waals surface area (Å²) in [6, 6.07) is 0.0709. The maximum absolute atomic E-state index is 12.0. The molecule has 1 aromatic heterocycles. The zero-order valence-electron chi connectivity index (χ0n) is 18.4. The zero-order valence-corrected chi connectivity index (χ0v) is 18.4. The van der Waals surface area contributed by atoms with E-state index in [1.54, 1.807) is 0 Å². The normalized spacial score (nSPS) is 17.8. The van der Waals surface area contributed by atoms with Gasteiger partial charge in [0.1, 0.15) is 5.60 Å². The summed E-state index contributed by atoms with van der Waals surface area (Å²) in [5.74, 6) is 0.898. The Morgan fingerprint density at radius 2 is 2.07 bits per heavy atom. The number of aryl methyl sites for hydroxylation is 2. The number of alkyl carbamates (subject to hydrolysis) is 1. The van der Waals surface area contributed by atoms with Gasteiger partial charge >= 0.3 is 6.09 Å². The van der Waals surface area contributed by atoms with Crippen molar-refractivity contribution >= 4 is 12.1 Å². The van der Waals surface area contributed by atoms with Gasteiger partial charge < -0.3 is 20.3 Å². The summed E-state index contributed by atoms with van der Waals surface area (Å²) in [6.45, 7) is 14.9. The summed E-state index contributed by atoms with van der Waals surface area (Å²) >= 11 is 0. The zero-order chi connectivity index (χ0) is 20.9. The third-order valence-electron chi connectivity index (χ3n) is 4.83. The third kappa shape index (κ3) is 6.14. The molecule has 2 rings (SSSR count). The first-order valence-corrected chi connectivity index (χ1v) is 10.1. The van der Waals surface area contributed by atoms with Crippen LogP contribution in [0.4, 0.5) is 4.79 Å². The summed E-state index contributed by atoms with van der Waals surface area (Å²) in [6.07, 6.45) is 1.39. The van der Waals surface area contributed by atoms with E-state index in [0.29, 0.717) is 6.54 Å². The second kappa shape index (κ2) is 9.30. The number of hydrogen-bond acceptors (Lipinski definition) is 4. The summed E-state index contributed by atoms with van der Waals surface area (Å²) in [5.41, 5.74) is 3.05.